The summed E-state index contributed by atoms with van der Waals surface area (Å²) < 4.78 is 5.22. The molecule has 2 N–H and O–H groups in total. The van der Waals surface area contributed by atoms with Gasteiger partial charge in [0.15, 0.2) is 0 Å². The number of nitrogens with one attached hydrogen (secondary N) is 1. The van der Waals surface area contributed by atoms with E-state index in [4.69, 9.17) is 16.3 Å². The zero-order chi connectivity index (χ0) is 12.3. The van der Waals surface area contributed by atoms with Crippen LogP contribution >= 0.6 is 11.6 Å². The van der Waals surface area contributed by atoms with Gasteiger partial charge in [0.2, 0.25) is 0 Å². The van der Waals surface area contributed by atoms with E-state index in [0.717, 1.165) is 11.3 Å². The normalized spacial score (nSPS) is 11.4. The zero-order valence-corrected chi connectivity index (χ0v) is 10.9. The summed E-state index contributed by atoms with van der Waals surface area (Å²) in [4.78, 5) is 0. The molecule has 90 valence electrons. The number of hydrogen-bond donors (Lipinski definition) is 2. The van der Waals surface area contributed by atoms with E-state index in [1.807, 2.05) is 13.0 Å². The van der Waals surface area contributed by atoms with Gasteiger partial charge < -0.3 is 15.2 Å². The van der Waals surface area contributed by atoms with Crippen LogP contribution in [0, 0.1) is 6.92 Å². The molecular weight excluding hydrogens is 226 g/mol. The first-order valence-electron chi connectivity index (χ1n) is 5.14. The summed E-state index contributed by atoms with van der Waals surface area (Å²) in [6.07, 6.45) is 0. The van der Waals surface area contributed by atoms with Crippen molar-refractivity contribution in [2.24, 2.45) is 0 Å². The average Bonchev–Trinajstić information content (AvgIpc) is 2.18. The van der Waals surface area contributed by atoms with Crippen molar-refractivity contribution in [1.29, 1.82) is 0 Å². The van der Waals surface area contributed by atoms with Crippen LogP contribution in [-0.2, 0) is 0 Å². The minimum atomic E-state index is -0.765. The highest BCUT2D eigenvalue weighted by Crippen LogP contribution is 2.31. The lowest BCUT2D eigenvalue weighted by Gasteiger charge is -2.20. The van der Waals surface area contributed by atoms with Gasteiger partial charge in [0.05, 0.1) is 18.4 Å². The monoisotopic (exact) mass is 243 g/mol. The van der Waals surface area contributed by atoms with Crippen LogP contribution in [0.2, 0.25) is 5.02 Å². The first-order valence-corrected chi connectivity index (χ1v) is 5.51. The zero-order valence-electron chi connectivity index (χ0n) is 10.1. The summed E-state index contributed by atoms with van der Waals surface area (Å²) in [7, 11) is 1.59. The van der Waals surface area contributed by atoms with Crippen LogP contribution in [-0.4, -0.2) is 24.4 Å². The van der Waals surface area contributed by atoms with Gasteiger partial charge in [0, 0.05) is 17.6 Å². The predicted molar refractivity (Wildman–Crippen MR) is 67.5 cm³/mol. The molecule has 0 spiro atoms. The molecule has 0 fully saturated rings. The molecule has 4 heteroatoms. The third-order valence-electron chi connectivity index (χ3n) is 2.19. The number of halogens is 1. The third kappa shape index (κ3) is 3.58. The maximum Gasteiger partial charge on any atom is 0.143 e. The Hall–Kier alpha value is -0.930. The highest BCUT2D eigenvalue weighted by atomic mass is 35.5. The Balaban J connectivity index is 2.90. The fourth-order valence-corrected chi connectivity index (χ4v) is 1.44. The SMILES string of the molecule is COc1cc(Cl)c(C)cc1NCC(C)(C)O. The molecule has 0 unspecified atom stereocenters. The number of rotatable bonds is 4. The molecule has 0 heterocycles. The van der Waals surface area contributed by atoms with Crippen molar-refractivity contribution in [2.45, 2.75) is 26.4 Å². The third-order valence-corrected chi connectivity index (χ3v) is 2.60. The second-order valence-corrected chi connectivity index (χ2v) is 4.87. The fourth-order valence-electron chi connectivity index (χ4n) is 1.28. The van der Waals surface area contributed by atoms with Crippen LogP contribution in [0.3, 0.4) is 0 Å². The fraction of sp³-hybridized carbons (Fsp3) is 0.500. The van der Waals surface area contributed by atoms with Crippen molar-refractivity contribution >= 4 is 17.3 Å². The van der Waals surface area contributed by atoms with Gasteiger partial charge in [0.25, 0.3) is 0 Å². The summed E-state index contributed by atoms with van der Waals surface area (Å²) in [6, 6.07) is 3.68. The average molecular weight is 244 g/mol. The van der Waals surface area contributed by atoms with Crippen molar-refractivity contribution < 1.29 is 9.84 Å². The number of aliphatic hydroxyl groups is 1. The van der Waals surface area contributed by atoms with Gasteiger partial charge in [-0.2, -0.15) is 0 Å². The standard InChI is InChI=1S/C12H18ClNO2/c1-8-5-10(14-7-12(2,3)15)11(16-4)6-9(8)13/h5-6,14-15H,7H2,1-4H3. The van der Waals surface area contributed by atoms with Crippen molar-refractivity contribution in [3.05, 3.63) is 22.7 Å². The Kier molecular flexibility index (Phi) is 4.05. The quantitative estimate of drug-likeness (QED) is 0.855. The molecule has 0 amide bonds. The molecule has 1 rings (SSSR count). The molecule has 0 bridgehead atoms. The van der Waals surface area contributed by atoms with Crippen molar-refractivity contribution in [2.75, 3.05) is 19.0 Å². The second-order valence-electron chi connectivity index (χ2n) is 4.47. The van der Waals surface area contributed by atoms with Crippen LogP contribution < -0.4 is 10.1 Å². The largest absolute Gasteiger partial charge is 0.495 e. The molecule has 0 aliphatic carbocycles. The number of benzene rings is 1. The number of aryl methyl sites for hydroxylation is 1. The molecule has 0 atom stereocenters. The maximum atomic E-state index is 9.64. The molecule has 0 saturated heterocycles. The number of hydrogen-bond acceptors (Lipinski definition) is 3. The number of methoxy groups -OCH3 is 1. The van der Waals surface area contributed by atoms with E-state index in [1.165, 1.54) is 0 Å². The molecule has 0 aliphatic rings. The first-order chi connectivity index (χ1) is 7.33. The molecular formula is C12H18ClNO2. The van der Waals surface area contributed by atoms with Gasteiger partial charge in [-0.05, 0) is 32.4 Å². The molecule has 0 radical (unpaired) electrons. The Bertz CT molecular complexity index is 372. The van der Waals surface area contributed by atoms with E-state index >= 15 is 0 Å². The van der Waals surface area contributed by atoms with Crippen molar-refractivity contribution in [3.8, 4) is 5.75 Å². The summed E-state index contributed by atoms with van der Waals surface area (Å²) >= 11 is 6.00. The summed E-state index contributed by atoms with van der Waals surface area (Å²) in [5, 5.41) is 13.4. The first kappa shape index (κ1) is 13.1. The molecule has 1 aromatic carbocycles. The van der Waals surface area contributed by atoms with E-state index in [9.17, 15) is 5.11 Å². The van der Waals surface area contributed by atoms with Crippen LogP contribution in [0.25, 0.3) is 0 Å². The minimum Gasteiger partial charge on any atom is -0.495 e. The van der Waals surface area contributed by atoms with Gasteiger partial charge in [0.1, 0.15) is 5.75 Å². The number of anilines is 1. The maximum absolute atomic E-state index is 9.64. The van der Waals surface area contributed by atoms with Gasteiger partial charge in [-0.3, -0.25) is 0 Å². The van der Waals surface area contributed by atoms with Gasteiger partial charge in [-0.1, -0.05) is 11.6 Å². The van der Waals surface area contributed by atoms with Crippen LogP contribution in [0.15, 0.2) is 12.1 Å². The van der Waals surface area contributed by atoms with Crippen LogP contribution in [0.1, 0.15) is 19.4 Å². The molecule has 16 heavy (non-hydrogen) atoms. The Labute approximate surface area is 101 Å². The van der Waals surface area contributed by atoms with E-state index in [1.54, 1.807) is 27.0 Å². The van der Waals surface area contributed by atoms with Gasteiger partial charge in [-0.15, -0.1) is 0 Å². The van der Waals surface area contributed by atoms with Gasteiger partial charge in [-0.25, -0.2) is 0 Å². The lowest BCUT2D eigenvalue weighted by Crippen LogP contribution is -2.29. The van der Waals surface area contributed by atoms with E-state index < -0.39 is 5.60 Å². The van der Waals surface area contributed by atoms with Crippen molar-refractivity contribution in [1.82, 2.24) is 0 Å². The smallest absolute Gasteiger partial charge is 0.143 e. The van der Waals surface area contributed by atoms with E-state index in [0.29, 0.717) is 17.3 Å². The summed E-state index contributed by atoms with van der Waals surface area (Å²) in [5.74, 6) is 0.680. The Morgan fingerprint density at radius 1 is 1.44 bits per heavy atom. The second kappa shape index (κ2) is 4.93. The highest BCUT2D eigenvalue weighted by molar-refractivity contribution is 6.31. The lowest BCUT2D eigenvalue weighted by atomic mass is 10.1. The topological polar surface area (TPSA) is 41.5 Å². The predicted octanol–water partition coefficient (Wildman–Crippen LogP) is 2.84. The van der Waals surface area contributed by atoms with Crippen LogP contribution in [0.5, 0.6) is 5.75 Å². The minimum absolute atomic E-state index is 0.449. The molecule has 0 saturated carbocycles. The molecule has 0 aromatic heterocycles. The van der Waals surface area contributed by atoms with E-state index in [2.05, 4.69) is 5.32 Å². The Morgan fingerprint density at radius 3 is 2.56 bits per heavy atom. The highest BCUT2D eigenvalue weighted by Gasteiger charge is 2.14. The Morgan fingerprint density at radius 2 is 2.06 bits per heavy atom. The summed E-state index contributed by atoms with van der Waals surface area (Å²) in [5.41, 5.74) is 1.05. The van der Waals surface area contributed by atoms with Gasteiger partial charge >= 0.3 is 0 Å². The molecule has 0 aliphatic heterocycles. The van der Waals surface area contributed by atoms with Crippen LogP contribution in [0.4, 0.5) is 5.69 Å². The lowest BCUT2D eigenvalue weighted by molar-refractivity contribution is 0.0945. The van der Waals surface area contributed by atoms with E-state index in [-0.39, 0.29) is 0 Å². The summed E-state index contributed by atoms with van der Waals surface area (Å²) in [6.45, 7) is 5.87. The number of ether oxygens (including phenoxy) is 1. The molecule has 1 aromatic rings. The van der Waals surface area contributed by atoms with Crippen molar-refractivity contribution in [3.63, 3.8) is 0 Å². The molecule has 3 nitrogen and oxygen atoms in total.